The van der Waals surface area contributed by atoms with Crippen LogP contribution in [0.25, 0.3) is 0 Å². The molecule has 0 radical (unpaired) electrons. The minimum absolute atomic E-state index is 0.229. The Hall–Kier alpha value is -2.04. The Kier molecular flexibility index (Phi) is 6.06. The first-order chi connectivity index (χ1) is 10.3. The molecule has 1 atom stereocenters. The predicted octanol–water partition coefficient (Wildman–Crippen LogP) is 2.22. The third-order valence-electron chi connectivity index (χ3n) is 2.96. The van der Waals surface area contributed by atoms with Crippen molar-refractivity contribution in [1.82, 2.24) is 5.32 Å². The smallest absolute Gasteiger partial charge is 0.161 e. The van der Waals surface area contributed by atoms with Gasteiger partial charge in [0.05, 0.1) is 0 Å². The first-order valence-electron chi connectivity index (χ1n) is 7.01. The van der Waals surface area contributed by atoms with Gasteiger partial charge in [0.1, 0.15) is 19.3 Å². The van der Waals surface area contributed by atoms with E-state index >= 15 is 0 Å². The summed E-state index contributed by atoms with van der Waals surface area (Å²) in [6.07, 6.45) is -0.544. The van der Waals surface area contributed by atoms with Gasteiger partial charge in [0.15, 0.2) is 11.5 Å². The Morgan fingerprint density at radius 1 is 0.952 bits per heavy atom. The fourth-order valence-corrected chi connectivity index (χ4v) is 1.90. The summed E-state index contributed by atoms with van der Waals surface area (Å²) in [7, 11) is 1.79. The number of nitrogens with one attached hydrogen (secondary N) is 1. The van der Waals surface area contributed by atoms with Gasteiger partial charge in [-0.05, 0) is 24.7 Å². The molecule has 112 valence electrons. The summed E-state index contributed by atoms with van der Waals surface area (Å²) < 4.78 is 11.4. The van der Waals surface area contributed by atoms with Crippen LogP contribution < -0.4 is 14.8 Å². The SMILES string of the molecule is CNCC(O)COc1ccccc1OCc1ccccc1. The molecule has 0 aromatic heterocycles. The fourth-order valence-electron chi connectivity index (χ4n) is 1.90. The van der Waals surface area contributed by atoms with Crippen molar-refractivity contribution in [3.05, 3.63) is 60.2 Å². The average molecular weight is 287 g/mol. The van der Waals surface area contributed by atoms with Crippen LogP contribution in [0.4, 0.5) is 0 Å². The second-order valence-corrected chi connectivity index (χ2v) is 4.74. The molecule has 4 heteroatoms. The molecule has 0 fully saturated rings. The predicted molar refractivity (Wildman–Crippen MR) is 82.6 cm³/mol. The number of ether oxygens (including phenoxy) is 2. The molecule has 1 unspecified atom stereocenters. The molecule has 0 aliphatic carbocycles. The van der Waals surface area contributed by atoms with Crippen LogP contribution in [0.2, 0.25) is 0 Å². The van der Waals surface area contributed by atoms with Gasteiger partial charge in [0.2, 0.25) is 0 Å². The van der Waals surface area contributed by atoms with E-state index in [9.17, 15) is 5.11 Å². The summed E-state index contributed by atoms with van der Waals surface area (Å²) in [5, 5.41) is 12.6. The number of para-hydroxylation sites is 2. The number of benzene rings is 2. The zero-order chi connectivity index (χ0) is 14.9. The van der Waals surface area contributed by atoms with Gasteiger partial charge in [0, 0.05) is 6.54 Å². The van der Waals surface area contributed by atoms with E-state index in [0.29, 0.717) is 24.7 Å². The van der Waals surface area contributed by atoms with Crippen LogP contribution in [0, 0.1) is 0 Å². The Bertz CT molecular complexity index is 531. The normalized spacial score (nSPS) is 11.9. The maximum absolute atomic E-state index is 9.68. The van der Waals surface area contributed by atoms with Gasteiger partial charge in [-0.3, -0.25) is 0 Å². The van der Waals surface area contributed by atoms with Gasteiger partial charge in [-0.1, -0.05) is 42.5 Å². The number of hydrogen-bond donors (Lipinski definition) is 2. The number of hydrogen-bond acceptors (Lipinski definition) is 4. The molecule has 2 aromatic carbocycles. The Morgan fingerprint density at radius 3 is 2.24 bits per heavy atom. The lowest BCUT2D eigenvalue weighted by molar-refractivity contribution is 0.105. The van der Waals surface area contributed by atoms with Gasteiger partial charge in [-0.2, -0.15) is 0 Å². The van der Waals surface area contributed by atoms with Crippen molar-refractivity contribution in [3.8, 4) is 11.5 Å². The zero-order valence-corrected chi connectivity index (χ0v) is 12.2. The molecule has 21 heavy (non-hydrogen) atoms. The summed E-state index contributed by atoms with van der Waals surface area (Å²) in [6.45, 7) is 1.21. The van der Waals surface area contributed by atoms with E-state index in [2.05, 4.69) is 5.32 Å². The second-order valence-electron chi connectivity index (χ2n) is 4.74. The minimum Gasteiger partial charge on any atom is -0.487 e. The monoisotopic (exact) mass is 287 g/mol. The molecule has 2 rings (SSSR count). The summed E-state index contributed by atoms with van der Waals surface area (Å²) in [5.41, 5.74) is 1.10. The van der Waals surface area contributed by atoms with Crippen LogP contribution in [0.5, 0.6) is 11.5 Å². The van der Waals surface area contributed by atoms with Gasteiger partial charge >= 0.3 is 0 Å². The average Bonchev–Trinajstić information content (AvgIpc) is 2.53. The molecule has 2 N–H and O–H groups in total. The van der Waals surface area contributed by atoms with Crippen LogP contribution in [0.3, 0.4) is 0 Å². The van der Waals surface area contributed by atoms with Crippen molar-refractivity contribution in [2.75, 3.05) is 20.2 Å². The van der Waals surface area contributed by atoms with Crippen LogP contribution >= 0.6 is 0 Å². The molecule has 0 saturated heterocycles. The molecule has 0 aliphatic heterocycles. The third-order valence-corrected chi connectivity index (χ3v) is 2.96. The number of aliphatic hydroxyl groups is 1. The van der Waals surface area contributed by atoms with E-state index in [4.69, 9.17) is 9.47 Å². The molecule has 0 bridgehead atoms. The number of aliphatic hydroxyl groups excluding tert-OH is 1. The molecule has 0 amide bonds. The van der Waals surface area contributed by atoms with E-state index in [1.807, 2.05) is 54.6 Å². The first kappa shape index (κ1) is 15.4. The molecule has 4 nitrogen and oxygen atoms in total. The summed E-state index contributed by atoms with van der Waals surface area (Å²) in [4.78, 5) is 0. The van der Waals surface area contributed by atoms with Crippen LogP contribution in [0.15, 0.2) is 54.6 Å². The lowest BCUT2D eigenvalue weighted by Crippen LogP contribution is -2.29. The second kappa shape index (κ2) is 8.29. The summed E-state index contributed by atoms with van der Waals surface area (Å²) in [6, 6.07) is 17.5. The molecular formula is C17H21NO3. The largest absolute Gasteiger partial charge is 0.487 e. The highest BCUT2D eigenvalue weighted by molar-refractivity contribution is 5.39. The van der Waals surface area contributed by atoms with Gasteiger partial charge in [-0.25, -0.2) is 0 Å². The summed E-state index contributed by atoms with van der Waals surface area (Å²) >= 11 is 0. The summed E-state index contributed by atoms with van der Waals surface area (Å²) in [5.74, 6) is 1.32. The Balaban J connectivity index is 1.93. The maximum atomic E-state index is 9.68. The van der Waals surface area contributed by atoms with Gasteiger partial charge < -0.3 is 19.9 Å². The first-order valence-corrected chi connectivity index (χ1v) is 7.01. The lowest BCUT2D eigenvalue weighted by atomic mass is 10.2. The highest BCUT2D eigenvalue weighted by Crippen LogP contribution is 2.27. The van der Waals surface area contributed by atoms with Crippen LogP contribution in [-0.2, 0) is 6.61 Å². The topological polar surface area (TPSA) is 50.7 Å². The molecule has 0 heterocycles. The highest BCUT2D eigenvalue weighted by Gasteiger charge is 2.08. The number of likely N-dealkylation sites (N-methyl/N-ethyl adjacent to an activating group) is 1. The molecule has 0 aliphatic rings. The molecular weight excluding hydrogens is 266 g/mol. The molecule has 0 spiro atoms. The van der Waals surface area contributed by atoms with Crippen LogP contribution in [-0.4, -0.2) is 31.4 Å². The quantitative estimate of drug-likeness (QED) is 0.781. The Morgan fingerprint density at radius 2 is 1.57 bits per heavy atom. The van der Waals surface area contributed by atoms with E-state index in [1.165, 1.54) is 0 Å². The standard InChI is InChI=1S/C17H21NO3/c1-18-11-15(19)13-21-17-10-6-5-9-16(17)20-12-14-7-3-2-4-8-14/h2-10,15,18-19H,11-13H2,1H3. The minimum atomic E-state index is -0.544. The van der Waals surface area contributed by atoms with Gasteiger partial charge in [0.25, 0.3) is 0 Å². The zero-order valence-electron chi connectivity index (χ0n) is 12.2. The van der Waals surface area contributed by atoms with Crippen molar-refractivity contribution < 1.29 is 14.6 Å². The van der Waals surface area contributed by atoms with Crippen molar-refractivity contribution in [2.45, 2.75) is 12.7 Å². The third kappa shape index (κ3) is 5.10. The van der Waals surface area contributed by atoms with Gasteiger partial charge in [-0.15, -0.1) is 0 Å². The van der Waals surface area contributed by atoms with E-state index in [-0.39, 0.29) is 6.61 Å². The number of rotatable bonds is 8. The van der Waals surface area contributed by atoms with Crippen molar-refractivity contribution in [1.29, 1.82) is 0 Å². The highest BCUT2D eigenvalue weighted by atomic mass is 16.5. The van der Waals surface area contributed by atoms with Crippen LogP contribution in [0.1, 0.15) is 5.56 Å². The fraction of sp³-hybridized carbons (Fsp3) is 0.294. The maximum Gasteiger partial charge on any atom is 0.161 e. The van der Waals surface area contributed by atoms with Crippen molar-refractivity contribution in [3.63, 3.8) is 0 Å². The van der Waals surface area contributed by atoms with Crippen molar-refractivity contribution in [2.24, 2.45) is 0 Å². The lowest BCUT2D eigenvalue weighted by Gasteiger charge is -2.15. The van der Waals surface area contributed by atoms with E-state index in [0.717, 1.165) is 5.56 Å². The van der Waals surface area contributed by atoms with Crippen molar-refractivity contribution >= 4 is 0 Å². The van der Waals surface area contributed by atoms with E-state index < -0.39 is 6.10 Å². The molecule has 0 saturated carbocycles. The molecule has 2 aromatic rings. The Labute approximate surface area is 125 Å². The van der Waals surface area contributed by atoms with E-state index in [1.54, 1.807) is 7.05 Å².